The van der Waals surface area contributed by atoms with E-state index in [0.29, 0.717) is 11.9 Å². The summed E-state index contributed by atoms with van der Waals surface area (Å²) < 4.78 is 5.19. The molecule has 0 aromatic carbocycles. The lowest BCUT2D eigenvalue weighted by atomic mass is 9.51. The molecule has 3 heteroatoms. The summed E-state index contributed by atoms with van der Waals surface area (Å²) in [6, 6.07) is 0.337. The van der Waals surface area contributed by atoms with E-state index in [1.807, 2.05) is 0 Å². The number of aromatic nitrogens is 1. The molecule has 0 aliphatic heterocycles. The van der Waals surface area contributed by atoms with Crippen molar-refractivity contribution < 1.29 is 4.42 Å². The van der Waals surface area contributed by atoms with Gasteiger partial charge in [-0.2, -0.15) is 4.98 Å². The molecule has 0 spiro atoms. The highest BCUT2D eigenvalue weighted by Crippen LogP contribution is 2.59. The van der Waals surface area contributed by atoms with Gasteiger partial charge >= 0.3 is 0 Å². The Morgan fingerprint density at radius 3 is 2.19 bits per heavy atom. The quantitative estimate of drug-likeness (QED) is 0.788. The molecule has 0 atom stereocenters. The molecular formula is C13H18N2O. The van der Waals surface area contributed by atoms with Gasteiger partial charge in [0.1, 0.15) is 6.26 Å². The van der Waals surface area contributed by atoms with Gasteiger partial charge in [-0.25, -0.2) is 0 Å². The van der Waals surface area contributed by atoms with E-state index in [-0.39, 0.29) is 0 Å². The van der Waals surface area contributed by atoms with Crippen LogP contribution in [0.1, 0.15) is 43.7 Å². The van der Waals surface area contributed by atoms with Crippen molar-refractivity contribution in [1.29, 1.82) is 0 Å². The number of nitrogens with two attached hydrogens (primary N) is 1. The Hall–Kier alpha value is -0.990. The zero-order valence-electron chi connectivity index (χ0n) is 9.43. The van der Waals surface area contributed by atoms with Gasteiger partial charge in [-0.3, -0.25) is 0 Å². The van der Waals surface area contributed by atoms with Gasteiger partial charge in [0.25, 0.3) is 6.01 Å². The third-order valence-corrected chi connectivity index (χ3v) is 5.11. The highest BCUT2D eigenvalue weighted by molar-refractivity contribution is 5.20. The van der Waals surface area contributed by atoms with E-state index < -0.39 is 0 Å². The molecule has 1 aromatic heterocycles. The van der Waals surface area contributed by atoms with Crippen LogP contribution in [0.3, 0.4) is 0 Å². The van der Waals surface area contributed by atoms with Crippen molar-refractivity contribution in [2.45, 2.75) is 38.0 Å². The Kier molecular flexibility index (Phi) is 1.72. The lowest BCUT2D eigenvalue weighted by molar-refractivity contribution is -0.00417. The maximum Gasteiger partial charge on any atom is 0.292 e. The van der Waals surface area contributed by atoms with E-state index in [2.05, 4.69) is 4.98 Å². The molecular weight excluding hydrogens is 200 g/mol. The topological polar surface area (TPSA) is 52.0 Å². The average Bonchev–Trinajstić information content (AvgIpc) is 2.63. The number of hydrogen-bond donors (Lipinski definition) is 1. The Balaban J connectivity index is 1.69. The maximum atomic E-state index is 5.59. The van der Waals surface area contributed by atoms with E-state index >= 15 is 0 Å². The number of nitrogen functional groups attached to an aromatic ring is 1. The molecule has 4 fully saturated rings. The molecule has 2 N–H and O–H groups in total. The summed E-state index contributed by atoms with van der Waals surface area (Å²) in [7, 11) is 0. The second kappa shape index (κ2) is 3.02. The van der Waals surface area contributed by atoms with E-state index in [0.717, 1.165) is 29.4 Å². The summed E-state index contributed by atoms with van der Waals surface area (Å²) >= 11 is 0. The van der Waals surface area contributed by atoms with E-state index in [9.17, 15) is 0 Å². The smallest absolute Gasteiger partial charge is 0.292 e. The Morgan fingerprint density at radius 1 is 1.06 bits per heavy atom. The zero-order chi connectivity index (χ0) is 10.7. The van der Waals surface area contributed by atoms with E-state index in [1.54, 1.807) is 6.26 Å². The van der Waals surface area contributed by atoms with Crippen LogP contribution in [0.5, 0.6) is 0 Å². The van der Waals surface area contributed by atoms with Crippen LogP contribution >= 0.6 is 0 Å². The molecule has 0 saturated heterocycles. The van der Waals surface area contributed by atoms with Gasteiger partial charge in [-0.05, 0) is 55.8 Å². The first kappa shape index (κ1) is 9.08. The number of rotatable bonds is 1. The first-order valence-electron chi connectivity index (χ1n) is 6.50. The monoisotopic (exact) mass is 218 g/mol. The van der Waals surface area contributed by atoms with Crippen molar-refractivity contribution in [3.05, 3.63) is 12.0 Å². The summed E-state index contributed by atoms with van der Waals surface area (Å²) in [4.78, 5) is 4.37. The fourth-order valence-electron chi connectivity index (χ4n) is 4.86. The number of hydrogen-bond acceptors (Lipinski definition) is 3. The molecule has 0 radical (unpaired) electrons. The van der Waals surface area contributed by atoms with Gasteiger partial charge in [0.15, 0.2) is 0 Å². The summed E-state index contributed by atoms with van der Waals surface area (Å²) in [6.45, 7) is 0. The minimum atomic E-state index is 0.337. The minimum absolute atomic E-state index is 0.337. The summed E-state index contributed by atoms with van der Waals surface area (Å²) in [5.74, 6) is 4.40. The summed E-state index contributed by atoms with van der Waals surface area (Å²) in [5.41, 5.74) is 6.72. The molecule has 4 saturated carbocycles. The van der Waals surface area contributed by atoms with Crippen LogP contribution in [0.2, 0.25) is 0 Å². The highest BCUT2D eigenvalue weighted by atomic mass is 16.4. The van der Waals surface area contributed by atoms with Gasteiger partial charge in [-0.1, -0.05) is 0 Å². The Bertz CT molecular complexity index is 384. The molecule has 5 rings (SSSR count). The standard InChI is InChI=1S/C13H18N2O/c14-13-15-11(6-16-13)12-9-2-7-1-8(4-9)5-10(12)3-7/h6-10,12H,1-5H2,(H2,14,15). The van der Waals surface area contributed by atoms with Gasteiger partial charge < -0.3 is 10.2 Å². The molecule has 4 bridgehead atoms. The molecule has 4 aliphatic carbocycles. The number of nitrogens with zero attached hydrogens (tertiary/aromatic N) is 1. The predicted octanol–water partition coefficient (Wildman–Crippen LogP) is 2.80. The first-order chi connectivity index (χ1) is 7.79. The first-order valence-corrected chi connectivity index (χ1v) is 6.50. The lowest BCUT2D eigenvalue weighted by Crippen LogP contribution is -2.43. The van der Waals surface area contributed by atoms with E-state index in [4.69, 9.17) is 10.2 Å². The molecule has 0 amide bonds. The third-order valence-electron chi connectivity index (χ3n) is 5.11. The molecule has 0 unspecified atom stereocenters. The molecule has 1 heterocycles. The van der Waals surface area contributed by atoms with Crippen LogP contribution in [0.15, 0.2) is 10.7 Å². The van der Waals surface area contributed by atoms with Crippen molar-refractivity contribution in [3.8, 4) is 0 Å². The maximum absolute atomic E-state index is 5.59. The van der Waals surface area contributed by atoms with Crippen molar-refractivity contribution in [1.82, 2.24) is 4.98 Å². The molecule has 1 aromatic rings. The van der Waals surface area contributed by atoms with Crippen LogP contribution < -0.4 is 5.73 Å². The van der Waals surface area contributed by atoms with Gasteiger partial charge in [0.2, 0.25) is 0 Å². The predicted molar refractivity (Wildman–Crippen MR) is 60.7 cm³/mol. The van der Waals surface area contributed by atoms with Crippen molar-refractivity contribution in [2.75, 3.05) is 5.73 Å². The zero-order valence-corrected chi connectivity index (χ0v) is 9.43. The number of anilines is 1. The fourth-order valence-corrected chi connectivity index (χ4v) is 4.86. The van der Waals surface area contributed by atoms with Gasteiger partial charge in [0.05, 0.1) is 5.69 Å². The summed E-state index contributed by atoms with van der Waals surface area (Å²) in [5, 5.41) is 0. The van der Waals surface area contributed by atoms with E-state index in [1.165, 1.54) is 32.1 Å². The second-order valence-corrected chi connectivity index (χ2v) is 6.07. The lowest BCUT2D eigenvalue weighted by Gasteiger charge is -2.53. The van der Waals surface area contributed by atoms with Gasteiger partial charge in [-0.15, -0.1) is 0 Å². The van der Waals surface area contributed by atoms with Crippen LogP contribution in [0.4, 0.5) is 6.01 Å². The van der Waals surface area contributed by atoms with Crippen molar-refractivity contribution in [3.63, 3.8) is 0 Å². The highest BCUT2D eigenvalue weighted by Gasteiger charge is 2.49. The minimum Gasteiger partial charge on any atom is -0.432 e. The fraction of sp³-hybridized carbons (Fsp3) is 0.769. The third kappa shape index (κ3) is 1.17. The van der Waals surface area contributed by atoms with Crippen LogP contribution in [-0.4, -0.2) is 4.98 Å². The van der Waals surface area contributed by atoms with Crippen LogP contribution in [0, 0.1) is 23.7 Å². The molecule has 16 heavy (non-hydrogen) atoms. The Morgan fingerprint density at radius 2 is 1.69 bits per heavy atom. The van der Waals surface area contributed by atoms with Gasteiger partial charge in [0, 0.05) is 5.92 Å². The van der Waals surface area contributed by atoms with Crippen LogP contribution in [0.25, 0.3) is 0 Å². The molecule has 86 valence electrons. The molecule has 3 nitrogen and oxygen atoms in total. The molecule has 4 aliphatic rings. The van der Waals surface area contributed by atoms with Crippen molar-refractivity contribution >= 4 is 6.01 Å². The largest absolute Gasteiger partial charge is 0.432 e. The average molecular weight is 218 g/mol. The Labute approximate surface area is 95.4 Å². The van der Waals surface area contributed by atoms with Crippen LogP contribution in [-0.2, 0) is 0 Å². The normalized spacial score (nSPS) is 45.1. The van der Waals surface area contributed by atoms with Crippen molar-refractivity contribution in [2.24, 2.45) is 23.7 Å². The summed E-state index contributed by atoms with van der Waals surface area (Å²) in [6.07, 6.45) is 8.98. The number of oxazole rings is 1. The second-order valence-electron chi connectivity index (χ2n) is 6.07. The SMILES string of the molecule is Nc1nc(C2C3CC4CC(C3)CC2C4)co1.